The van der Waals surface area contributed by atoms with Gasteiger partial charge in [0.1, 0.15) is 0 Å². The monoisotopic (exact) mass is 333 g/mol. The Morgan fingerprint density at radius 2 is 1.68 bits per heavy atom. The van der Waals surface area contributed by atoms with Gasteiger partial charge in [-0.25, -0.2) is 0 Å². The van der Waals surface area contributed by atoms with Crippen LogP contribution in [0.4, 0.5) is 5.69 Å². The summed E-state index contributed by atoms with van der Waals surface area (Å²) >= 11 is 0. The highest BCUT2D eigenvalue weighted by molar-refractivity contribution is 5.94. The van der Waals surface area contributed by atoms with Crippen LogP contribution >= 0.6 is 0 Å². The normalized spacial score (nSPS) is 17.0. The van der Waals surface area contributed by atoms with E-state index >= 15 is 0 Å². The Morgan fingerprint density at radius 1 is 1.08 bits per heavy atom. The molecule has 25 heavy (non-hydrogen) atoms. The molecule has 2 aromatic carbocycles. The summed E-state index contributed by atoms with van der Waals surface area (Å²) in [6.45, 7) is 1.29. The minimum Gasteiger partial charge on any atom is -0.378 e. The fourth-order valence-corrected chi connectivity index (χ4v) is 3.21. The number of likely N-dealkylation sites (tertiary alicyclic amines) is 1. The van der Waals surface area contributed by atoms with Crippen molar-refractivity contribution in [3.8, 4) is 17.2 Å². The molecule has 2 aromatic rings. The smallest absolute Gasteiger partial charge is 0.253 e. The van der Waals surface area contributed by atoms with Gasteiger partial charge >= 0.3 is 0 Å². The molecule has 1 aliphatic rings. The largest absolute Gasteiger partial charge is 0.378 e. The minimum absolute atomic E-state index is 0.0226. The molecular weight excluding hydrogens is 310 g/mol. The third-order valence-corrected chi connectivity index (χ3v) is 4.74. The minimum atomic E-state index is -0.0350. The third-order valence-electron chi connectivity index (χ3n) is 4.74. The van der Waals surface area contributed by atoms with E-state index in [0.717, 1.165) is 36.2 Å². The molecule has 1 atom stereocenters. The van der Waals surface area contributed by atoms with Crippen molar-refractivity contribution in [3.63, 3.8) is 0 Å². The SMILES string of the molecule is CN(C)c1ccc(-c2ccc(C(=O)N3CCC[C@H](C#N)C3)cc2)cc1. The fraction of sp³-hybridized carbons (Fsp3) is 0.333. The average Bonchev–Trinajstić information content (AvgIpc) is 2.67. The number of piperidine rings is 1. The number of nitrogens with zero attached hydrogens (tertiary/aromatic N) is 3. The molecule has 1 amide bonds. The molecule has 4 nitrogen and oxygen atoms in total. The van der Waals surface area contributed by atoms with Gasteiger partial charge < -0.3 is 9.80 Å². The maximum absolute atomic E-state index is 12.6. The van der Waals surface area contributed by atoms with E-state index in [-0.39, 0.29) is 11.8 Å². The van der Waals surface area contributed by atoms with E-state index in [9.17, 15) is 4.79 Å². The zero-order chi connectivity index (χ0) is 17.8. The van der Waals surface area contributed by atoms with Crippen LogP contribution in [0.2, 0.25) is 0 Å². The number of carbonyl (C=O) groups excluding carboxylic acids is 1. The zero-order valence-electron chi connectivity index (χ0n) is 14.8. The number of anilines is 1. The van der Waals surface area contributed by atoms with Crippen LogP contribution in [-0.2, 0) is 0 Å². The summed E-state index contributed by atoms with van der Waals surface area (Å²) in [6.07, 6.45) is 1.79. The molecule has 0 aliphatic carbocycles. The summed E-state index contributed by atoms with van der Waals surface area (Å²) in [4.78, 5) is 16.5. The van der Waals surface area contributed by atoms with E-state index in [0.29, 0.717) is 12.1 Å². The van der Waals surface area contributed by atoms with Crippen molar-refractivity contribution < 1.29 is 4.79 Å². The number of hydrogen-bond donors (Lipinski definition) is 0. The molecule has 1 fully saturated rings. The predicted molar refractivity (Wildman–Crippen MR) is 100 cm³/mol. The lowest BCUT2D eigenvalue weighted by Crippen LogP contribution is -2.39. The predicted octanol–water partition coefficient (Wildman–Crippen LogP) is 3.80. The molecule has 128 valence electrons. The zero-order valence-corrected chi connectivity index (χ0v) is 14.8. The van der Waals surface area contributed by atoms with E-state index in [2.05, 4.69) is 35.2 Å². The number of carbonyl (C=O) groups is 1. The third kappa shape index (κ3) is 3.83. The second-order valence-electron chi connectivity index (χ2n) is 6.74. The molecule has 0 aromatic heterocycles. The van der Waals surface area contributed by atoms with Crippen LogP contribution in [0.15, 0.2) is 48.5 Å². The maximum Gasteiger partial charge on any atom is 0.253 e. The van der Waals surface area contributed by atoms with Crippen molar-refractivity contribution in [3.05, 3.63) is 54.1 Å². The van der Waals surface area contributed by atoms with Gasteiger partial charge in [0.2, 0.25) is 0 Å². The molecule has 0 radical (unpaired) electrons. The Hall–Kier alpha value is -2.80. The van der Waals surface area contributed by atoms with Crippen LogP contribution in [0, 0.1) is 17.2 Å². The maximum atomic E-state index is 12.6. The molecular formula is C21H23N3O. The second-order valence-corrected chi connectivity index (χ2v) is 6.74. The lowest BCUT2D eigenvalue weighted by atomic mass is 9.98. The van der Waals surface area contributed by atoms with Gasteiger partial charge in [-0.2, -0.15) is 5.26 Å². The Bertz CT molecular complexity index is 772. The highest BCUT2D eigenvalue weighted by Crippen LogP contribution is 2.24. The molecule has 4 heteroatoms. The first-order valence-electron chi connectivity index (χ1n) is 8.65. The fourth-order valence-electron chi connectivity index (χ4n) is 3.21. The topological polar surface area (TPSA) is 47.3 Å². The molecule has 0 spiro atoms. The Morgan fingerprint density at radius 3 is 2.24 bits per heavy atom. The summed E-state index contributed by atoms with van der Waals surface area (Å²) in [5.74, 6) is -0.0124. The summed E-state index contributed by atoms with van der Waals surface area (Å²) < 4.78 is 0. The van der Waals surface area contributed by atoms with Crippen LogP contribution in [0.25, 0.3) is 11.1 Å². The summed E-state index contributed by atoms with van der Waals surface area (Å²) in [7, 11) is 4.04. The summed E-state index contributed by atoms with van der Waals surface area (Å²) in [5.41, 5.74) is 4.07. The van der Waals surface area contributed by atoms with Crippen LogP contribution in [0.5, 0.6) is 0 Å². The van der Waals surface area contributed by atoms with Gasteiger partial charge in [-0.3, -0.25) is 4.79 Å². The van der Waals surface area contributed by atoms with Gasteiger partial charge in [-0.1, -0.05) is 24.3 Å². The molecule has 0 saturated carbocycles. The molecule has 0 N–H and O–H groups in total. The number of rotatable bonds is 3. The van der Waals surface area contributed by atoms with Crippen LogP contribution in [0.1, 0.15) is 23.2 Å². The van der Waals surface area contributed by atoms with Crippen LogP contribution in [-0.4, -0.2) is 38.0 Å². The number of amides is 1. The van der Waals surface area contributed by atoms with E-state index in [1.807, 2.05) is 38.4 Å². The molecule has 3 rings (SSSR count). The van der Waals surface area contributed by atoms with Crippen molar-refractivity contribution in [2.45, 2.75) is 12.8 Å². The Kier molecular flexibility index (Phi) is 5.04. The Labute approximate surface area is 149 Å². The van der Waals surface area contributed by atoms with Gasteiger partial charge in [-0.05, 0) is 48.2 Å². The van der Waals surface area contributed by atoms with Crippen molar-refractivity contribution in [1.29, 1.82) is 5.26 Å². The van der Waals surface area contributed by atoms with E-state index in [1.165, 1.54) is 0 Å². The van der Waals surface area contributed by atoms with Gasteiger partial charge in [0, 0.05) is 38.4 Å². The van der Waals surface area contributed by atoms with Crippen LogP contribution in [0.3, 0.4) is 0 Å². The average molecular weight is 333 g/mol. The van der Waals surface area contributed by atoms with Gasteiger partial charge in [0.15, 0.2) is 0 Å². The molecule has 1 saturated heterocycles. The quantitative estimate of drug-likeness (QED) is 0.858. The van der Waals surface area contributed by atoms with Crippen molar-refractivity contribution in [2.75, 3.05) is 32.1 Å². The van der Waals surface area contributed by atoms with Gasteiger partial charge in [0.25, 0.3) is 5.91 Å². The van der Waals surface area contributed by atoms with Crippen molar-refractivity contribution in [2.24, 2.45) is 5.92 Å². The van der Waals surface area contributed by atoms with Crippen molar-refractivity contribution in [1.82, 2.24) is 4.90 Å². The molecule has 0 unspecified atom stereocenters. The van der Waals surface area contributed by atoms with E-state index in [1.54, 1.807) is 4.90 Å². The highest BCUT2D eigenvalue weighted by atomic mass is 16.2. The molecule has 0 bridgehead atoms. The number of benzene rings is 2. The summed E-state index contributed by atoms with van der Waals surface area (Å²) in [6, 6.07) is 18.4. The highest BCUT2D eigenvalue weighted by Gasteiger charge is 2.24. The lowest BCUT2D eigenvalue weighted by Gasteiger charge is -2.29. The number of nitriles is 1. The first-order chi connectivity index (χ1) is 12.1. The Balaban J connectivity index is 1.73. The standard InChI is InChI=1S/C21H23N3O/c1-23(2)20-11-9-18(10-12-20)17-5-7-19(8-6-17)21(25)24-13-3-4-16(14-22)15-24/h5-12,16H,3-4,13,15H2,1-2H3/t16-/m1/s1. The van der Waals surface area contributed by atoms with Crippen LogP contribution < -0.4 is 4.90 Å². The second kappa shape index (κ2) is 7.40. The summed E-state index contributed by atoms with van der Waals surface area (Å²) in [5, 5.41) is 9.09. The first kappa shape index (κ1) is 17.0. The van der Waals surface area contributed by atoms with Gasteiger partial charge in [0.05, 0.1) is 12.0 Å². The molecule has 1 heterocycles. The van der Waals surface area contributed by atoms with Gasteiger partial charge in [-0.15, -0.1) is 0 Å². The van der Waals surface area contributed by atoms with Crippen molar-refractivity contribution >= 4 is 11.6 Å². The number of hydrogen-bond acceptors (Lipinski definition) is 3. The van der Waals surface area contributed by atoms with E-state index < -0.39 is 0 Å². The first-order valence-corrected chi connectivity index (χ1v) is 8.65. The lowest BCUT2D eigenvalue weighted by molar-refractivity contribution is 0.0699. The van der Waals surface area contributed by atoms with E-state index in [4.69, 9.17) is 5.26 Å². The molecule has 1 aliphatic heterocycles.